The first-order valence-electron chi connectivity index (χ1n) is 6.78. The summed E-state index contributed by atoms with van der Waals surface area (Å²) in [6.07, 6.45) is 2.13. The smallest absolute Gasteiger partial charge is 0.123 e. The summed E-state index contributed by atoms with van der Waals surface area (Å²) < 4.78 is 13.1. The highest BCUT2D eigenvalue weighted by atomic mass is 19.1. The average molecular weight is 251 g/mol. The van der Waals surface area contributed by atoms with Crippen LogP contribution >= 0.6 is 0 Å². The summed E-state index contributed by atoms with van der Waals surface area (Å²) in [5, 5.41) is 3.45. The highest BCUT2D eigenvalue weighted by molar-refractivity contribution is 5.27. The maximum Gasteiger partial charge on any atom is 0.123 e. The molecular weight excluding hydrogens is 225 g/mol. The zero-order chi connectivity index (χ0) is 13.8. The normalized spacial score (nSPS) is 12.2. The molecule has 0 saturated heterocycles. The van der Waals surface area contributed by atoms with E-state index in [2.05, 4.69) is 33.0 Å². The number of nitrogens with one attached hydrogen (secondary N) is 1. The van der Waals surface area contributed by atoms with E-state index in [1.165, 1.54) is 5.56 Å². The summed E-state index contributed by atoms with van der Waals surface area (Å²) in [6.45, 7) is 11.9. The standard InChI is InChI=1S/C16H26FN/c1-12(2)18-9-8-16(4,5)11-14-6-7-15(17)10-13(14)3/h6-7,10,12,18H,8-9,11H2,1-5H3. The molecule has 0 unspecified atom stereocenters. The second kappa shape index (κ2) is 6.33. The molecule has 0 aromatic heterocycles. The van der Waals surface area contributed by atoms with E-state index in [0.717, 1.165) is 24.9 Å². The van der Waals surface area contributed by atoms with E-state index < -0.39 is 0 Å². The van der Waals surface area contributed by atoms with Crippen molar-refractivity contribution in [3.05, 3.63) is 35.1 Å². The molecule has 0 bridgehead atoms. The van der Waals surface area contributed by atoms with Crippen LogP contribution in [-0.4, -0.2) is 12.6 Å². The Balaban J connectivity index is 2.58. The topological polar surface area (TPSA) is 12.0 Å². The molecule has 0 radical (unpaired) electrons. The summed E-state index contributed by atoms with van der Waals surface area (Å²) in [5.41, 5.74) is 2.55. The van der Waals surface area contributed by atoms with E-state index in [1.54, 1.807) is 12.1 Å². The van der Waals surface area contributed by atoms with Crippen molar-refractivity contribution in [1.82, 2.24) is 5.32 Å². The minimum absolute atomic E-state index is 0.143. The Labute approximate surface area is 111 Å². The molecule has 1 nitrogen and oxygen atoms in total. The predicted molar refractivity (Wildman–Crippen MR) is 76.4 cm³/mol. The van der Waals surface area contributed by atoms with E-state index in [-0.39, 0.29) is 11.2 Å². The monoisotopic (exact) mass is 251 g/mol. The van der Waals surface area contributed by atoms with Crippen molar-refractivity contribution in [3.63, 3.8) is 0 Å². The van der Waals surface area contributed by atoms with Gasteiger partial charge in [0.15, 0.2) is 0 Å². The molecule has 0 amide bonds. The van der Waals surface area contributed by atoms with Crippen molar-refractivity contribution >= 4 is 0 Å². The molecule has 0 spiro atoms. The molecule has 0 aliphatic carbocycles. The number of hydrogen-bond donors (Lipinski definition) is 1. The average Bonchev–Trinajstić information content (AvgIpc) is 2.21. The van der Waals surface area contributed by atoms with Gasteiger partial charge in [-0.2, -0.15) is 0 Å². The van der Waals surface area contributed by atoms with Gasteiger partial charge in [0.25, 0.3) is 0 Å². The molecule has 1 rings (SSSR count). The van der Waals surface area contributed by atoms with Crippen LogP contribution in [0.1, 0.15) is 45.2 Å². The molecular formula is C16H26FN. The fourth-order valence-corrected chi connectivity index (χ4v) is 2.16. The highest BCUT2D eigenvalue weighted by Crippen LogP contribution is 2.27. The first-order valence-corrected chi connectivity index (χ1v) is 6.78. The van der Waals surface area contributed by atoms with Gasteiger partial charge in [-0.05, 0) is 55.0 Å². The zero-order valence-corrected chi connectivity index (χ0v) is 12.3. The van der Waals surface area contributed by atoms with Gasteiger partial charge in [0, 0.05) is 6.04 Å². The van der Waals surface area contributed by atoms with Crippen LogP contribution in [0.5, 0.6) is 0 Å². The molecule has 0 aliphatic rings. The Morgan fingerprint density at radius 1 is 1.28 bits per heavy atom. The molecule has 2 heteroatoms. The summed E-state index contributed by atoms with van der Waals surface area (Å²) in [6, 6.07) is 5.64. The van der Waals surface area contributed by atoms with Crippen LogP contribution < -0.4 is 5.32 Å². The Morgan fingerprint density at radius 3 is 2.50 bits per heavy atom. The Bertz CT molecular complexity index is 383. The third kappa shape index (κ3) is 5.18. The molecule has 0 aliphatic heterocycles. The van der Waals surface area contributed by atoms with E-state index in [4.69, 9.17) is 0 Å². The van der Waals surface area contributed by atoms with Gasteiger partial charge in [0.1, 0.15) is 5.82 Å². The highest BCUT2D eigenvalue weighted by Gasteiger charge is 2.19. The second-order valence-electron chi connectivity index (χ2n) is 6.27. The lowest BCUT2D eigenvalue weighted by molar-refractivity contribution is 0.320. The Morgan fingerprint density at radius 2 is 1.94 bits per heavy atom. The summed E-state index contributed by atoms with van der Waals surface area (Å²) in [4.78, 5) is 0. The summed E-state index contributed by atoms with van der Waals surface area (Å²) in [5.74, 6) is -0.143. The lowest BCUT2D eigenvalue weighted by Crippen LogP contribution is -2.28. The quantitative estimate of drug-likeness (QED) is 0.803. The molecule has 102 valence electrons. The van der Waals surface area contributed by atoms with Crippen LogP contribution in [-0.2, 0) is 6.42 Å². The Hall–Kier alpha value is -0.890. The van der Waals surface area contributed by atoms with E-state index in [1.807, 2.05) is 13.0 Å². The molecule has 1 N–H and O–H groups in total. The first kappa shape index (κ1) is 15.2. The van der Waals surface area contributed by atoms with Gasteiger partial charge in [-0.3, -0.25) is 0 Å². The van der Waals surface area contributed by atoms with Gasteiger partial charge in [-0.1, -0.05) is 33.8 Å². The fourth-order valence-electron chi connectivity index (χ4n) is 2.16. The molecule has 0 heterocycles. The van der Waals surface area contributed by atoms with Crippen molar-refractivity contribution in [2.24, 2.45) is 5.41 Å². The van der Waals surface area contributed by atoms with Gasteiger partial charge < -0.3 is 5.32 Å². The molecule has 0 atom stereocenters. The fraction of sp³-hybridized carbons (Fsp3) is 0.625. The van der Waals surface area contributed by atoms with Crippen molar-refractivity contribution in [3.8, 4) is 0 Å². The van der Waals surface area contributed by atoms with Crippen LogP contribution in [0.15, 0.2) is 18.2 Å². The number of rotatable bonds is 6. The van der Waals surface area contributed by atoms with Gasteiger partial charge >= 0.3 is 0 Å². The van der Waals surface area contributed by atoms with Crippen molar-refractivity contribution in [2.45, 2.75) is 53.5 Å². The third-order valence-corrected chi connectivity index (χ3v) is 3.33. The molecule has 0 saturated carbocycles. The number of hydrogen-bond acceptors (Lipinski definition) is 1. The maximum atomic E-state index is 13.1. The van der Waals surface area contributed by atoms with Crippen molar-refractivity contribution in [1.29, 1.82) is 0 Å². The summed E-state index contributed by atoms with van der Waals surface area (Å²) in [7, 11) is 0. The lowest BCUT2D eigenvalue weighted by atomic mass is 9.81. The third-order valence-electron chi connectivity index (χ3n) is 3.33. The number of benzene rings is 1. The van der Waals surface area contributed by atoms with E-state index >= 15 is 0 Å². The van der Waals surface area contributed by atoms with Crippen LogP contribution in [0.4, 0.5) is 4.39 Å². The van der Waals surface area contributed by atoms with Crippen LogP contribution in [0.3, 0.4) is 0 Å². The van der Waals surface area contributed by atoms with Gasteiger partial charge in [-0.25, -0.2) is 4.39 Å². The van der Waals surface area contributed by atoms with Gasteiger partial charge in [0.2, 0.25) is 0 Å². The van der Waals surface area contributed by atoms with Crippen molar-refractivity contribution < 1.29 is 4.39 Å². The number of aryl methyl sites for hydroxylation is 1. The van der Waals surface area contributed by atoms with E-state index in [9.17, 15) is 4.39 Å². The maximum absolute atomic E-state index is 13.1. The van der Waals surface area contributed by atoms with Crippen LogP contribution in [0.2, 0.25) is 0 Å². The van der Waals surface area contributed by atoms with E-state index in [0.29, 0.717) is 6.04 Å². The van der Waals surface area contributed by atoms with Crippen molar-refractivity contribution in [2.75, 3.05) is 6.54 Å². The molecule has 0 fully saturated rings. The zero-order valence-electron chi connectivity index (χ0n) is 12.3. The van der Waals surface area contributed by atoms with Gasteiger partial charge in [0.05, 0.1) is 0 Å². The van der Waals surface area contributed by atoms with Gasteiger partial charge in [-0.15, -0.1) is 0 Å². The first-order chi connectivity index (χ1) is 8.30. The minimum Gasteiger partial charge on any atom is -0.315 e. The Kier molecular flexibility index (Phi) is 5.33. The molecule has 1 aromatic rings. The SMILES string of the molecule is Cc1cc(F)ccc1CC(C)(C)CCNC(C)C. The minimum atomic E-state index is -0.143. The lowest BCUT2D eigenvalue weighted by Gasteiger charge is -2.26. The van der Waals surface area contributed by atoms with Crippen LogP contribution in [0, 0.1) is 18.2 Å². The second-order valence-corrected chi connectivity index (χ2v) is 6.27. The predicted octanol–water partition coefficient (Wildman–Crippen LogP) is 4.09. The number of halogens is 1. The van der Waals surface area contributed by atoms with Crippen LogP contribution in [0.25, 0.3) is 0 Å². The largest absolute Gasteiger partial charge is 0.315 e. The molecule has 18 heavy (non-hydrogen) atoms. The molecule has 1 aromatic carbocycles. The summed E-state index contributed by atoms with van der Waals surface area (Å²) >= 11 is 0.